The average molecular weight is 216 g/mol. The van der Waals surface area contributed by atoms with Crippen molar-refractivity contribution in [3.8, 4) is 0 Å². The molecular weight excluding hydrogens is 206 g/mol. The van der Waals surface area contributed by atoms with Crippen LogP contribution < -0.4 is 5.32 Å². The number of nitrogens with one attached hydrogen (secondary N) is 1. The predicted octanol–water partition coefficient (Wildman–Crippen LogP) is 0.373. The quantitative estimate of drug-likeness (QED) is 0.736. The van der Waals surface area contributed by atoms with Crippen LogP contribution in [0.5, 0.6) is 0 Å². The summed E-state index contributed by atoms with van der Waals surface area (Å²) in [5.41, 5.74) is 0. The van der Waals surface area contributed by atoms with E-state index in [1.165, 1.54) is 6.07 Å². The first-order valence-electron chi connectivity index (χ1n) is 4.39. The molecule has 5 nitrogen and oxygen atoms in total. The number of aromatic nitrogens is 1. The molecule has 1 aliphatic heterocycles. The Balaban J connectivity index is 2.07. The van der Waals surface area contributed by atoms with E-state index >= 15 is 0 Å². The fraction of sp³-hybridized carbons (Fsp3) is 0.500. The van der Waals surface area contributed by atoms with Crippen molar-refractivity contribution < 1.29 is 9.32 Å². The fourth-order valence-corrected chi connectivity index (χ4v) is 1.51. The van der Waals surface area contributed by atoms with Gasteiger partial charge in [-0.3, -0.25) is 4.79 Å². The third-order valence-electron chi connectivity index (χ3n) is 2.10. The normalized spacial score (nSPS) is 17.1. The van der Waals surface area contributed by atoms with Crippen molar-refractivity contribution >= 4 is 17.5 Å². The first-order chi connectivity index (χ1) is 6.77. The molecule has 1 aliphatic rings. The summed E-state index contributed by atoms with van der Waals surface area (Å²) in [7, 11) is 0. The molecule has 76 valence electrons. The molecule has 6 heteroatoms. The third-order valence-corrected chi connectivity index (χ3v) is 2.27. The number of nitrogens with zero attached hydrogens (tertiary/aromatic N) is 2. The van der Waals surface area contributed by atoms with Gasteiger partial charge in [0.25, 0.3) is 5.91 Å². The molecule has 0 atom stereocenters. The van der Waals surface area contributed by atoms with Gasteiger partial charge in [0.1, 0.15) is 0 Å². The number of carbonyl (C=O) groups excluding carboxylic acids is 1. The SMILES string of the molecule is O=C(c1cc(Cl)no1)N1CCNCC1. The van der Waals surface area contributed by atoms with Crippen molar-refractivity contribution in [1.82, 2.24) is 15.4 Å². The molecule has 1 fully saturated rings. The van der Waals surface area contributed by atoms with E-state index in [1.807, 2.05) is 0 Å². The van der Waals surface area contributed by atoms with Gasteiger partial charge in [-0.25, -0.2) is 0 Å². The van der Waals surface area contributed by atoms with Crippen LogP contribution in [0.3, 0.4) is 0 Å². The van der Waals surface area contributed by atoms with Gasteiger partial charge in [0.15, 0.2) is 5.15 Å². The number of halogens is 1. The van der Waals surface area contributed by atoms with E-state index in [4.69, 9.17) is 16.1 Å². The smallest absolute Gasteiger partial charge is 0.292 e. The second-order valence-corrected chi connectivity index (χ2v) is 3.44. The monoisotopic (exact) mass is 215 g/mol. The molecule has 14 heavy (non-hydrogen) atoms. The van der Waals surface area contributed by atoms with Crippen LogP contribution in [-0.2, 0) is 0 Å². The maximum atomic E-state index is 11.7. The molecule has 0 radical (unpaired) electrons. The van der Waals surface area contributed by atoms with E-state index in [2.05, 4.69) is 10.5 Å². The van der Waals surface area contributed by atoms with Crippen LogP contribution >= 0.6 is 11.6 Å². The zero-order valence-corrected chi connectivity index (χ0v) is 8.25. The Kier molecular flexibility index (Phi) is 2.69. The largest absolute Gasteiger partial charge is 0.349 e. The lowest BCUT2D eigenvalue weighted by Gasteiger charge is -2.26. The minimum atomic E-state index is -0.147. The number of carbonyl (C=O) groups is 1. The number of amides is 1. The summed E-state index contributed by atoms with van der Waals surface area (Å²) in [6.07, 6.45) is 0. The van der Waals surface area contributed by atoms with E-state index in [9.17, 15) is 4.79 Å². The van der Waals surface area contributed by atoms with Crippen LogP contribution in [0.4, 0.5) is 0 Å². The van der Waals surface area contributed by atoms with E-state index in [-0.39, 0.29) is 16.8 Å². The van der Waals surface area contributed by atoms with Crippen molar-refractivity contribution in [2.24, 2.45) is 0 Å². The average Bonchev–Trinajstić information content (AvgIpc) is 2.65. The van der Waals surface area contributed by atoms with Gasteiger partial charge in [-0.1, -0.05) is 16.8 Å². The van der Waals surface area contributed by atoms with Crippen LogP contribution in [0.15, 0.2) is 10.6 Å². The number of piperazine rings is 1. The molecule has 0 aromatic carbocycles. The van der Waals surface area contributed by atoms with E-state index < -0.39 is 0 Å². The highest BCUT2D eigenvalue weighted by Gasteiger charge is 2.21. The zero-order valence-electron chi connectivity index (χ0n) is 7.49. The summed E-state index contributed by atoms with van der Waals surface area (Å²) in [5, 5.41) is 6.83. The highest BCUT2D eigenvalue weighted by molar-refractivity contribution is 6.29. The first kappa shape index (κ1) is 9.48. The second-order valence-electron chi connectivity index (χ2n) is 3.06. The van der Waals surface area contributed by atoms with Gasteiger partial charge in [-0.15, -0.1) is 0 Å². The highest BCUT2D eigenvalue weighted by atomic mass is 35.5. The van der Waals surface area contributed by atoms with Crippen LogP contribution in [0.2, 0.25) is 5.15 Å². The van der Waals surface area contributed by atoms with E-state index in [1.54, 1.807) is 4.90 Å². The van der Waals surface area contributed by atoms with E-state index in [0.29, 0.717) is 13.1 Å². The van der Waals surface area contributed by atoms with Gasteiger partial charge in [0.05, 0.1) is 0 Å². The Morgan fingerprint density at radius 2 is 2.29 bits per heavy atom. The van der Waals surface area contributed by atoms with Crippen molar-refractivity contribution in [2.45, 2.75) is 0 Å². The minimum Gasteiger partial charge on any atom is -0.349 e. The molecule has 0 aliphatic carbocycles. The summed E-state index contributed by atoms with van der Waals surface area (Å²) in [6.45, 7) is 3.01. The Bertz CT molecular complexity index is 333. The van der Waals surface area contributed by atoms with Crippen molar-refractivity contribution in [1.29, 1.82) is 0 Å². The number of rotatable bonds is 1. The Labute approximate surface area is 86.0 Å². The van der Waals surface area contributed by atoms with Crippen molar-refractivity contribution in [2.75, 3.05) is 26.2 Å². The van der Waals surface area contributed by atoms with Gasteiger partial charge in [-0.05, 0) is 0 Å². The molecule has 1 saturated heterocycles. The van der Waals surface area contributed by atoms with Crippen LogP contribution in [0.25, 0.3) is 0 Å². The van der Waals surface area contributed by atoms with Gasteiger partial charge in [0.2, 0.25) is 5.76 Å². The number of hydrogen-bond acceptors (Lipinski definition) is 4. The molecule has 0 bridgehead atoms. The molecular formula is C8H10ClN3O2. The molecule has 1 N–H and O–H groups in total. The minimum absolute atomic E-state index is 0.147. The molecule has 2 rings (SSSR count). The van der Waals surface area contributed by atoms with Crippen LogP contribution in [-0.4, -0.2) is 42.1 Å². The predicted molar refractivity (Wildman–Crippen MR) is 50.3 cm³/mol. The van der Waals surface area contributed by atoms with Crippen molar-refractivity contribution in [3.63, 3.8) is 0 Å². The first-order valence-corrected chi connectivity index (χ1v) is 4.77. The highest BCUT2D eigenvalue weighted by Crippen LogP contribution is 2.11. The summed E-state index contributed by atoms with van der Waals surface area (Å²) >= 11 is 5.56. The summed E-state index contributed by atoms with van der Waals surface area (Å²) in [6, 6.07) is 1.44. The maximum absolute atomic E-state index is 11.7. The fourth-order valence-electron chi connectivity index (χ4n) is 1.38. The Morgan fingerprint density at radius 1 is 1.57 bits per heavy atom. The van der Waals surface area contributed by atoms with Gasteiger partial charge in [-0.2, -0.15) is 0 Å². The standard InChI is InChI=1S/C8H10ClN3O2/c9-7-5-6(14-11-7)8(13)12-3-1-10-2-4-12/h5,10H,1-4H2. The lowest BCUT2D eigenvalue weighted by atomic mass is 10.3. The lowest BCUT2D eigenvalue weighted by Crippen LogP contribution is -2.46. The summed E-state index contributed by atoms with van der Waals surface area (Å²) in [5.74, 6) is 0.0581. The summed E-state index contributed by atoms with van der Waals surface area (Å²) < 4.78 is 4.79. The maximum Gasteiger partial charge on any atom is 0.292 e. The van der Waals surface area contributed by atoms with Gasteiger partial charge in [0, 0.05) is 32.2 Å². The summed E-state index contributed by atoms with van der Waals surface area (Å²) in [4.78, 5) is 13.4. The van der Waals surface area contributed by atoms with Crippen molar-refractivity contribution in [3.05, 3.63) is 17.0 Å². The van der Waals surface area contributed by atoms with Gasteiger partial charge >= 0.3 is 0 Å². The molecule has 0 saturated carbocycles. The molecule has 1 aromatic heterocycles. The van der Waals surface area contributed by atoms with Crippen LogP contribution in [0.1, 0.15) is 10.6 Å². The second kappa shape index (κ2) is 3.98. The van der Waals surface area contributed by atoms with E-state index in [0.717, 1.165) is 13.1 Å². The molecule has 1 amide bonds. The van der Waals surface area contributed by atoms with Crippen LogP contribution in [0, 0.1) is 0 Å². The Hall–Kier alpha value is -1.07. The third kappa shape index (κ3) is 1.88. The number of hydrogen-bond donors (Lipinski definition) is 1. The lowest BCUT2D eigenvalue weighted by molar-refractivity contribution is 0.0694. The molecule has 0 unspecified atom stereocenters. The topological polar surface area (TPSA) is 58.4 Å². The molecule has 0 spiro atoms. The Morgan fingerprint density at radius 3 is 2.86 bits per heavy atom. The zero-order chi connectivity index (χ0) is 9.97. The molecule has 2 heterocycles. The van der Waals surface area contributed by atoms with Gasteiger partial charge < -0.3 is 14.7 Å². The molecule has 1 aromatic rings.